The van der Waals surface area contributed by atoms with Crippen LogP contribution in [0.15, 0.2) is 42.5 Å². The zero-order chi connectivity index (χ0) is 21.6. The fourth-order valence-electron chi connectivity index (χ4n) is 4.62. The van der Waals surface area contributed by atoms with Crippen molar-refractivity contribution in [3.05, 3.63) is 53.6 Å². The molecule has 6 nitrogen and oxygen atoms in total. The average Bonchev–Trinajstić information content (AvgIpc) is 3.19. The fourth-order valence-corrected chi connectivity index (χ4v) is 4.62. The van der Waals surface area contributed by atoms with Crippen molar-refractivity contribution in [2.45, 2.75) is 31.7 Å². The molecule has 2 heterocycles. The molecule has 0 aromatic heterocycles. The van der Waals surface area contributed by atoms with E-state index in [1.807, 2.05) is 24.3 Å². The molecule has 2 aromatic carbocycles. The van der Waals surface area contributed by atoms with Crippen molar-refractivity contribution in [2.75, 3.05) is 51.8 Å². The summed E-state index contributed by atoms with van der Waals surface area (Å²) in [4.78, 5) is 17.4. The first-order chi connectivity index (χ1) is 15.2. The van der Waals surface area contributed by atoms with Crippen LogP contribution < -0.4 is 19.7 Å². The molecule has 0 bridgehead atoms. The number of methoxy groups -OCH3 is 1. The van der Waals surface area contributed by atoms with E-state index in [-0.39, 0.29) is 18.6 Å². The van der Waals surface area contributed by atoms with Gasteiger partial charge in [-0.15, -0.1) is 0 Å². The fraction of sp³-hybridized carbons (Fsp3) is 0.480. The standard InChI is InChI=1S/C25H33N3O3/c1-27-15-12-20-16-19(10-11-21(20)27)22(28-13-6-3-7-14-28)17-26-25(29)18-31-24-9-5-4-8-23(24)30-2/h4-5,8-11,16,22H,3,6-7,12-15,17-18H2,1-2H3,(H,26,29)/t22-/m1/s1. The molecule has 2 aliphatic rings. The number of fused-ring (bicyclic) bond motifs is 1. The number of carbonyl (C=O) groups excluding carboxylic acids is 1. The van der Waals surface area contributed by atoms with Crippen LogP contribution in [-0.2, 0) is 11.2 Å². The Hall–Kier alpha value is -2.73. The summed E-state index contributed by atoms with van der Waals surface area (Å²) in [6.07, 6.45) is 4.81. The third-order valence-electron chi connectivity index (χ3n) is 6.37. The molecule has 0 aliphatic carbocycles. The van der Waals surface area contributed by atoms with Crippen molar-refractivity contribution >= 4 is 11.6 Å². The van der Waals surface area contributed by atoms with Crippen molar-refractivity contribution in [1.82, 2.24) is 10.2 Å². The number of likely N-dealkylation sites (N-methyl/N-ethyl adjacent to an activating group) is 1. The van der Waals surface area contributed by atoms with E-state index in [0.29, 0.717) is 18.0 Å². The molecule has 0 spiro atoms. The third-order valence-corrected chi connectivity index (χ3v) is 6.37. The van der Waals surface area contributed by atoms with E-state index >= 15 is 0 Å². The number of ether oxygens (including phenoxy) is 2. The Bertz CT molecular complexity index is 895. The number of nitrogens with zero attached hydrogens (tertiary/aromatic N) is 2. The van der Waals surface area contributed by atoms with E-state index in [2.05, 4.69) is 40.4 Å². The SMILES string of the molecule is COc1ccccc1OCC(=O)NC[C@H](c1ccc2c(c1)CCN2C)N1CCCCC1. The second-order valence-electron chi connectivity index (χ2n) is 8.42. The van der Waals surface area contributed by atoms with E-state index < -0.39 is 0 Å². The van der Waals surface area contributed by atoms with Crippen molar-refractivity contribution in [3.8, 4) is 11.5 Å². The van der Waals surface area contributed by atoms with Gasteiger partial charge >= 0.3 is 0 Å². The lowest BCUT2D eigenvalue weighted by molar-refractivity contribution is -0.123. The minimum atomic E-state index is -0.117. The van der Waals surface area contributed by atoms with Gasteiger partial charge in [0.25, 0.3) is 5.91 Å². The first-order valence-electron chi connectivity index (χ1n) is 11.3. The molecule has 0 saturated carbocycles. The second kappa shape index (κ2) is 10.1. The molecule has 0 unspecified atom stereocenters. The molecular formula is C25H33N3O3. The Labute approximate surface area is 185 Å². The molecule has 1 atom stereocenters. The molecule has 6 heteroatoms. The van der Waals surface area contributed by atoms with Gasteiger partial charge in [-0.1, -0.05) is 30.7 Å². The first kappa shape index (κ1) is 21.5. The number of amides is 1. The monoisotopic (exact) mass is 423 g/mol. The molecule has 1 saturated heterocycles. The van der Waals surface area contributed by atoms with Crippen LogP contribution in [0.25, 0.3) is 0 Å². The van der Waals surface area contributed by atoms with Gasteiger partial charge in [0.2, 0.25) is 0 Å². The molecule has 2 aromatic rings. The van der Waals surface area contributed by atoms with E-state index in [4.69, 9.17) is 9.47 Å². The summed E-state index contributed by atoms with van der Waals surface area (Å²) in [6, 6.07) is 14.4. The molecule has 1 N–H and O–H groups in total. The highest BCUT2D eigenvalue weighted by atomic mass is 16.5. The quantitative estimate of drug-likeness (QED) is 0.705. The average molecular weight is 424 g/mol. The van der Waals surface area contributed by atoms with Gasteiger partial charge in [-0.3, -0.25) is 9.69 Å². The number of rotatable bonds is 8. The molecule has 31 heavy (non-hydrogen) atoms. The summed E-state index contributed by atoms with van der Waals surface area (Å²) >= 11 is 0. The summed E-state index contributed by atoms with van der Waals surface area (Å²) in [5.74, 6) is 1.09. The number of benzene rings is 2. The minimum absolute atomic E-state index is 0.0257. The molecular weight excluding hydrogens is 390 g/mol. The van der Waals surface area contributed by atoms with Gasteiger partial charge in [0, 0.05) is 25.8 Å². The van der Waals surface area contributed by atoms with Crippen molar-refractivity contribution in [2.24, 2.45) is 0 Å². The highest BCUT2D eigenvalue weighted by molar-refractivity contribution is 5.77. The van der Waals surface area contributed by atoms with Gasteiger partial charge in [-0.25, -0.2) is 0 Å². The van der Waals surface area contributed by atoms with Crippen LogP contribution in [0.3, 0.4) is 0 Å². The maximum atomic E-state index is 12.6. The number of nitrogens with one attached hydrogen (secondary N) is 1. The lowest BCUT2D eigenvalue weighted by Crippen LogP contribution is -2.41. The van der Waals surface area contributed by atoms with Gasteiger partial charge in [0.1, 0.15) is 0 Å². The Kier molecular flexibility index (Phi) is 6.97. The minimum Gasteiger partial charge on any atom is -0.493 e. The summed E-state index contributed by atoms with van der Waals surface area (Å²) in [5.41, 5.74) is 4.03. The van der Waals surface area contributed by atoms with Crippen LogP contribution in [0.1, 0.15) is 36.4 Å². The van der Waals surface area contributed by atoms with Gasteiger partial charge in [-0.2, -0.15) is 0 Å². The number of carbonyl (C=O) groups is 1. The van der Waals surface area contributed by atoms with Gasteiger partial charge in [-0.05, 0) is 61.7 Å². The lowest BCUT2D eigenvalue weighted by Gasteiger charge is -2.35. The molecule has 2 aliphatic heterocycles. The van der Waals surface area contributed by atoms with E-state index in [9.17, 15) is 4.79 Å². The molecule has 166 valence electrons. The number of piperidine rings is 1. The lowest BCUT2D eigenvalue weighted by atomic mass is 9.98. The van der Waals surface area contributed by atoms with Crippen molar-refractivity contribution in [3.63, 3.8) is 0 Å². The van der Waals surface area contributed by atoms with E-state index in [0.717, 1.165) is 26.1 Å². The van der Waals surface area contributed by atoms with E-state index in [1.165, 1.54) is 36.1 Å². The molecule has 0 radical (unpaired) electrons. The Morgan fingerprint density at radius 1 is 1.06 bits per heavy atom. The predicted octanol–water partition coefficient (Wildman–Crippen LogP) is 3.41. The van der Waals surface area contributed by atoms with Crippen LogP contribution in [0.4, 0.5) is 5.69 Å². The van der Waals surface area contributed by atoms with Gasteiger partial charge < -0.3 is 19.7 Å². The third kappa shape index (κ3) is 5.13. The van der Waals surface area contributed by atoms with Gasteiger partial charge in [0.15, 0.2) is 18.1 Å². The zero-order valence-electron chi connectivity index (χ0n) is 18.6. The number of hydrogen-bond acceptors (Lipinski definition) is 5. The molecule has 1 fully saturated rings. The summed E-state index contributed by atoms with van der Waals surface area (Å²) < 4.78 is 11.0. The summed E-state index contributed by atoms with van der Waals surface area (Å²) in [7, 11) is 3.75. The maximum absolute atomic E-state index is 12.6. The number of anilines is 1. The summed E-state index contributed by atoms with van der Waals surface area (Å²) in [5, 5.41) is 3.11. The molecule has 4 rings (SSSR count). The highest BCUT2D eigenvalue weighted by Gasteiger charge is 2.25. The van der Waals surface area contributed by atoms with Gasteiger partial charge in [0.05, 0.1) is 13.2 Å². The smallest absolute Gasteiger partial charge is 0.258 e. The number of hydrogen-bond donors (Lipinski definition) is 1. The Morgan fingerprint density at radius 3 is 2.61 bits per heavy atom. The van der Waals surface area contributed by atoms with Crippen LogP contribution in [0.2, 0.25) is 0 Å². The largest absolute Gasteiger partial charge is 0.493 e. The van der Waals surface area contributed by atoms with Crippen molar-refractivity contribution in [1.29, 1.82) is 0 Å². The van der Waals surface area contributed by atoms with Crippen LogP contribution >= 0.6 is 0 Å². The van der Waals surface area contributed by atoms with Crippen LogP contribution in [0, 0.1) is 0 Å². The van der Waals surface area contributed by atoms with Crippen LogP contribution in [0.5, 0.6) is 11.5 Å². The van der Waals surface area contributed by atoms with Crippen LogP contribution in [-0.4, -0.2) is 57.8 Å². The predicted molar refractivity (Wildman–Crippen MR) is 123 cm³/mol. The summed E-state index contributed by atoms with van der Waals surface area (Å²) in [6.45, 7) is 3.79. The van der Waals surface area contributed by atoms with Crippen molar-refractivity contribution < 1.29 is 14.3 Å². The Balaban J connectivity index is 1.41. The zero-order valence-corrected chi connectivity index (χ0v) is 18.6. The maximum Gasteiger partial charge on any atom is 0.258 e. The Morgan fingerprint density at radius 2 is 1.84 bits per heavy atom. The highest BCUT2D eigenvalue weighted by Crippen LogP contribution is 2.32. The van der Waals surface area contributed by atoms with E-state index in [1.54, 1.807) is 7.11 Å². The second-order valence-corrected chi connectivity index (χ2v) is 8.42. The molecule has 1 amide bonds. The first-order valence-corrected chi connectivity index (χ1v) is 11.3. The normalized spacial score (nSPS) is 17.2. The number of likely N-dealkylation sites (tertiary alicyclic amines) is 1. The topological polar surface area (TPSA) is 54.0 Å². The number of para-hydroxylation sites is 2.